The molecule has 2 heterocycles. The number of halogens is 2. The van der Waals surface area contributed by atoms with E-state index in [2.05, 4.69) is 0 Å². The molecule has 0 unspecified atom stereocenters. The summed E-state index contributed by atoms with van der Waals surface area (Å²) in [6.07, 6.45) is 1.53. The highest BCUT2D eigenvalue weighted by molar-refractivity contribution is 6.53. The highest BCUT2D eigenvalue weighted by Crippen LogP contribution is 2.66. The zero-order chi connectivity index (χ0) is 25.6. The number of carbonyl (C=O) groups is 5. The Labute approximate surface area is 209 Å². The van der Waals surface area contributed by atoms with E-state index in [1.165, 1.54) is 26.3 Å². The number of carbonyl (C=O) groups excluding carboxylic acids is 5. The third-order valence-corrected chi connectivity index (χ3v) is 9.21. The first kappa shape index (κ1) is 23.6. The van der Waals surface area contributed by atoms with Crippen LogP contribution < -0.4 is 10.5 Å². The number of hydrogen-bond donors (Lipinski definition) is 2. The van der Waals surface area contributed by atoms with E-state index in [0.717, 1.165) is 4.90 Å². The molecule has 2 aliphatic carbocycles. The Morgan fingerprint density at radius 3 is 2.46 bits per heavy atom. The molecule has 3 fully saturated rings. The maximum atomic E-state index is 13.4. The summed E-state index contributed by atoms with van der Waals surface area (Å²) in [5, 5.41) is 11.0. The lowest BCUT2D eigenvalue weighted by atomic mass is 9.56. The number of rotatable bonds is 2. The summed E-state index contributed by atoms with van der Waals surface area (Å²) in [7, 11) is 2.62. The number of nitrogens with two attached hydrogens (primary N) is 1. The summed E-state index contributed by atoms with van der Waals surface area (Å²) in [4.78, 5) is 61.9. The van der Waals surface area contributed by atoms with Gasteiger partial charge in [-0.15, -0.1) is 23.2 Å². The number of likely N-dealkylation sites (tertiary alicyclic amines) is 2. The molecule has 10 nitrogen and oxygen atoms in total. The second-order valence-electron chi connectivity index (χ2n) is 9.25. The van der Waals surface area contributed by atoms with E-state index in [0.29, 0.717) is 10.5 Å². The van der Waals surface area contributed by atoms with Crippen LogP contribution in [0.3, 0.4) is 0 Å². The number of fused-ring (bicyclic) bond motifs is 4. The van der Waals surface area contributed by atoms with Crippen molar-refractivity contribution in [3.8, 4) is 11.5 Å². The van der Waals surface area contributed by atoms with Crippen LogP contribution in [0.15, 0.2) is 29.8 Å². The molecule has 0 aromatic heterocycles. The van der Waals surface area contributed by atoms with E-state index in [1.807, 2.05) is 0 Å². The molecule has 2 aliphatic heterocycles. The Morgan fingerprint density at radius 2 is 1.83 bits per heavy atom. The molecule has 0 radical (unpaired) electrons. The number of urea groups is 1. The maximum Gasteiger partial charge on any atom is 0.328 e. The van der Waals surface area contributed by atoms with Crippen molar-refractivity contribution in [3.63, 3.8) is 0 Å². The number of para-hydroxylation sites is 1. The van der Waals surface area contributed by atoms with Crippen LogP contribution in [-0.2, 0) is 19.2 Å². The molecular formula is C23H21Cl2N3O7. The van der Waals surface area contributed by atoms with Gasteiger partial charge in [-0.3, -0.25) is 24.1 Å². The Morgan fingerprint density at radius 1 is 1.14 bits per heavy atom. The van der Waals surface area contributed by atoms with Crippen LogP contribution in [-0.4, -0.2) is 68.5 Å². The highest BCUT2D eigenvalue weighted by Gasteiger charge is 2.76. The fraction of sp³-hybridized carbons (Fsp3) is 0.435. The maximum absolute atomic E-state index is 13.4. The topological polar surface area (TPSA) is 147 Å². The predicted octanol–water partition coefficient (Wildman–Crippen LogP) is 1.47. The van der Waals surface area contributed by atoms with Crippen LogP contribution in [0.2, 0.25) is 0 Å². The van der Waals surface area contributed by atoms with Gasteiger partial charge in [-0.05, 0) is 24.8 Å². The summed E-state index contributed by atoms with van der Waals surface area (Å²) < 4.78 is 5.23. The van der Waals surface area contributed by atoms with Crippen molar-refractivity contribution < 1.29 is 33.8 Å². The number of allylic oxidation sites excluding steroid dienone is 2. The Hall–Kier alpha value is -3.11. The van der Waals surface area contributed by atoms with Crippen molar-refractivity contribution in [1.82, 2.24) is 9.80 Å². The van der Waals surface area contributed by atoms with Gasteiger partial charge in [0.2, 0.25) is 11.8 Å². The molecule has 3 N–H and O–H groups in total. The van der Waals surface area contributed by atoms with Crippen molar-refractivity contribution in [1.29, 1.82) is 0 Å². The normalized spacial score (nSPS) is 36.1. The fourth-order valence-electron chi connectivity index (χ4n) is 6.24. The fourth-order valence-corrected chi connectivity index (χ4v) is 7.25. The zero-order valence-electron chi connectivity index (χ0n) is 18.7. The van der Waals surface area contributed by atoms with Gasteiger partial charge in [-0.1, -0.05) is 23.8 Å². The van der Waals surface area contributed by atoms with Crippen LogP contribution in [0.25, 0.3) is 0 Å². The number of amides is 6. The van der Waals surface area contributed by atoms with E-state index >= 15 is 0 Å². The lowest BCUT2D eigenvalue weighted by Gasteiger charge is -2.50. The molecule has 4 aliphatic rings. The van der Waals surface area contributed by atoms with E-state index in [1.54, 1.807) is 12.1 Å². The molecule has 0 spiro atoms. The smallest absolute Gasteiger partial charge is 0.328 e. The number of hydrogen-bond acceptors (Lipinski definition) is 7. The third kappa shape index (κ3) is 2.69. The largest absolute Gasteiger partial charge is 0.504 e. The monoisotopic (exact) mass is 521 g/mol. The minimum absolute atomic E-state index is 0.0757. The van der Waals surface area contributed by atoms with E-state index in [4.69, 9.17) is 33.7 Å². The number of phenolic OH excluding ortho intramolecular Hbond substituents is 1. The number of aromatic hydroxyl groups is 1. The van der Waals surface area contributed by atoms with Gasteiger partial charge < -0.3 is 15.6 Å². The molecule has 35 heavy (non-hydrogen) atoms. The van der Waals surface area contributed by atoms with Gasteiger partial charge in [-0.25, -0.2) is 4.79 Å². The van der Waals surface area contributed by atoms with Crippen molar-refractivity contribution in [3.05, 3.63) is 35.4 Å². The number of methoxy groups -OCH3 is 1. The first-order valence-electron chi connectivity index (χ1n) is 10.8. The van der Waals surface area contributed by atoms with Gasteiger partial charge in [0, 0.05) is 18.5 Å². The first-order chi connectivity index (χ1) is 16.4. The number of primary amides is 1. The lowest BCUT2D eigenvalue weighted by Crippen LogP contribution is -2.60. The number of imide groups is 4. The van der Waals surface area contributed by atoms with Gasteiger partial charge in [-0.2, -0.15) is 4.90 Å². The number of ether oxygens (including phenoxy) is 1. The second-order valence-corrected chi connectivity index (χ2v) is 10.5. The van der Waals surface area contributed by atoms with Crippen molar-refractivity contribution in [2.24, 2.45) is 23.5 Å². The summed E-state index contributed by atoms with van der Waals surface area (Å²) in [5.74, 6) is -7.07. The van der Waals surface area contributed by atoms with E-state index in [9.17, 15) is 29.1 Å². The quantitative estimate of drug-likeness (QED) is 0.340. The van der Waals surface area contributed by atoms with Crippen LogP contribution in [0.5, 0.6) is 11.5 Å². The molecule has 1 aromatic rings. The number of benzene rings is 1. The summed E-state index contributed by atoms with van der Waals surface area (Å²) in [5.41, 5.74) is 5.95. The number of alkyl halides is 2. The molecule has 5 rings (SSSR count). The van der Waals surface area contributed by atoms with Gasteiger partial charge in [0.25, 0.3) is 11.8 Å². The van der Waals surface area contributed by atoms with Crippen LogP contribution in [0, 0.1) is 17.8 Å². The number of phenols is 1. The molecule has 12 heteroatoms. The van der Waals surface area contributed by atoms with Crippen molar-refractivity contribution in [2.45, 2.75) is 28.5 Å². The Kier molecular flexibility index (Phi) is 5.02. The van der Waals surface area contributed by atoms with Crippen molar-refractivity contribution in [2.75, 3.05) is 14.2 Å². The summed E-state index contributed by atoms with van der Waals surface area (Å²) >= 11 is 14.0. The van der Waals surface area contributed by atoms with Gasteiger partial charge in [0.15, 0.2) is 21.2 Å². The number of nitrogens with zero attached hydrogens (tertiary/aromatic N) is 2. The van der Waals surface area contributed by atoms with Crippen LogP contribution in [0.1, 0.15) is 24.3 Å². The van der Waals surface area contributed by atoms with Gasteiger partial charge in [0.1, 0.15) is 0 Å². The summed E-state index contributed by atoms with van der Waals surface area (Å²) in [6.45, 7) is 0. The first-order valence-corrected chi connectivity index (χ1v) is 11.6. The minimum atomic E-state index is -2.03. The van der Waals surface area contributed by atoms with E-state index < -0.39 is 63.1 Å². The molecule has 1 saturated carbocycles. The molecule has 6 atom stereocenters. The van der Waals surface area contributed by atoms with Crippen LogP contribution in [0.4, 0.5) is 4.79 Å². The van der Waals surface area contributed by atoms with Crippen molar-refractivity contribution >= 4 is 52.9 Å². The predicted molar refractivity (Wildman–Crippen MR) is 122 cm³/mol. The second kappa shape index (κ2) is 7.44. The van der Waals surface area contributed by atoms with Gasteiger partial charge in [0.05, 0.1) is 18.9 Å². The molecule has 0 bridgehead atoms. The summed E-state index contributed by atoms with van der Waals surface area (Å²) in [6, 6.07) is 3.45. The SMILES string of the molecule is COc1cccc([C@H]2C3=CC[C@@H]4C(=O)N(C(N)=O)C(=O)[C@@H]4[C@@H]3C[C@@]3(Cl)C(=O)N(C)C(=O)[C@@]23Cl)c1O. The third-order valence-electron chi connectivity index (χ3n) is 7.80. The standard InChI is InChI=1S/C23H21Cl2N3O7/c1-27-19(32)22(24)8-12-9(6-7-10-14(12)18(31)28(17(10)30)21(26)34)15(23(22,25)20(27)33)11-4-3-5-13(35-2)16(11)29/h3-6,10,12,14-15,29H,7-8H2,1-2H3,(H2,26,34)/t10-,12+,14-,15+,22+,23-/m0/s1. The zero-order valence-corrected chi connectivity index (χ0v) is 20.2. The Balaban J connectivity index is 1.76. The van der Waals surface area contributed by atoms with Gasteiger partial charge >= 0.3 is 6.03 Å². The molecule has 6 amide bonds. The average Bonchev–Trinajstić information content (AvgIpc) is 3.15. The Bertz CT molecular complexity index is 1270. The lowest BCUT2D eigenvalue weighted by molar-refractivity contribution is -0.139. The molecule has 1 aromatic carbocycles. The van der Waals surface area contributed by atoms with E-state index in [-0.39, 0.29) is 29.9 Å². The van der Waals surface area contributed by atoms with Crippen LogP contribution >= 0.6 is 23.2 Å². The highest BCUT2D eigenvalue weighted by atomic mass is 35.5. The average molecular weight is 522 g/mol. The minimum Gasteiger partial charge on any atom is -0.504 e. The molecular weight excluding hydrogens is 501 g/mol. The molecule has 2 saturated heterocycles. The molecule has 184 valence electrons.